The third-order valence-corrected chi connectivity index (χ3v) is 5.92. The van der Waals surface area contributed by atoms with Gasteiger partial charge in [0.25, 0.3) is 5.91 Å². The van der Waals surface area contributed by atoms with Crippen LogP contribution in [0.25, 0.3) is 0 Å². The molecule has 0 saturated carbocycles. The second-order valence-electron chi connectivity index (χ2n) is 6.32. The average molecular weight is 388 g/mol. The van der Waals surface area contributed by atoms with Crippen LogP contribution in [0.2, 0.25) is 0 Å². The molecule has 1 saturated heterocycles. The van der Waals surface area contributed by atoms with Crippen molar-refractivity contribution in [2.24, 2.45) is 0 Å². The average Bonchev–Trinajstić information content (AvgIpc) is 2.99. The van der Waals surface area contributed by atoms with Crippen molar-refractivity contribution in [2.75, 3.05) is 16.8 Å². The SMILES string of the molecule is O=C(Nc1ccc(C(=O)NCc2cccnc2)cc1)N[C@H]1CCS(=O)(=O)C1. The first-order chi connectivity index (χ1) is 12.9. The Morgan fingerprint density at radius 1 is 1.15 bits per heavy atom. The molecular formula is C18H20N4O4S. The standard InChI is InChI=1S/C18H20N4O4S/c23-17(20-11-13-2-1-8-19-10-13)14-3-5-15(6-4-14)21-18(24)22-16-7-9-27(25,26)12-16/h1-6,8,10,16H,7,9,11-12H2,(H,20,23)(H2,21,22,24)/t16-/m0/s1. The van der Waals surface area contributed by atoms with Crippen LogP contribution < -0.4 is 16.0 Å². The zero-order valence-corrected chi connectivity index (χ0v) is 15.3. The van der Waals surface area contributed by atoms with E-state index in [4.69, 9.17) is 0 Å². The minimum absolute atomic E-state index is 0.0313. The molecule has 2 aromatic rings. The van der Waals surface area contributed by atoms with E-state index in [1.54, 1.807) is 42.7 Å². The Labute approximate surface area is 157 Å². The molecule has 0 bridgehead atoms. The van der Waals surface area contributed by atoms with E-state index in [1.807, 2.05) is 6.07 Å². The molecule has 3 amide bonds. The molecule has 0 unspecified atom stereocenters. The summed E-state index contributed by atoms with van der Waals surface area (Å²) in [5.74, 6) is -0.164. The number of hydrogen-bond acceptors (Lipinski definition) is 5. The number of rotatable bonds is 5. The van der Waals surface area contributed by atoms with Crippen LogP contribution in [0, 0.1) is 0 Å². The summed E-state index contributed by atoms with van der Waals surface area (Å²) in [5.41, 5.74) is 1.87. The molecule has 27 heavy (non-hydrogen) atoms. The largest absolute Gasteiger partial charge is 0.348 e. The quantitative estimate of drug-likeness (QED) is 0.714. The zero-order valence-electron chi connectivity index (χ0n) is 14.5. The Morgan fingerprint density at radius 2 is 1.93 bits per heavy atom. The third kappa shape index (κ3) is 5.52. The molecule has 3 rings (SSSR count). The van der Waals surface area contributed by atoms with E-state index in [1.165, 1.54) is 0 Å². The second kappa shape index (κ2) is 8.17. The number of pyridine rings is 1. The molecule has 1 aromatic carbocycles. The van der Waals surface area contributed by atoms with Crippen LogP contribution >= 0.6 is 0 Å². The normalized spacial score (nSPS) is 17.9. The van der Waals surface area contributed by atoms with Gasteiger partial charge in [0.1, 0.15) is 0 Å². The molecule has 1 aliphatic rings. The molecule has 0 spiro atoms. The first kappa shape index (κ1) is 18.8. The molecule has 2 heterocycles. The van der Waals surface area contributed by atoms with Crippen LogP contribution in [0.5, 0.6) is 0 Å². The van der Waals surface area contributed by atoms with Crippen molar-refractivity contribution >= 4 is 27.5 Å². The first-order valence-electron chi connectivity index (χ1n) is 8.46. The van der Waals surface area contributed by atoms with Crippen LogP contribution in [0.1, 0.15) is 22.3 Å². The topological polar surface area (TPSA) is 117 Å². The van der Waals surface area contributed by atoms with Crippen molar-refractivity contribution in [3.8, 4) is 0 Å². The summed E-state index contributed by atoms with van der Waals surface area (Å²) in [5, 5.41) is 8.08. The maximum Gasteiger partial charge on any atom is 0.319 e. The molecule has 3 N–H and O–H groups in total. The van der Waals surface area contributed by atoms with E-state index in [2.05, 4.69) is 20.9 Å². The van der Waals surface area contributed by atoms with Crippen LogP contribution in [0.4, 0.5) is 10.5 Å². The van der Waals surface area contributed by atoms with E-state index >= 15 is 0 Å². The number of carbonyl (C=O) groups is 2. The molecule has 0 aliphatic carbocycles. The summed E-state index contributed by atoms with van der Waals surface area (Å²) in [4.78, 5) is 28.1. The molecule has 9 heteroatoms. The van der Waals surface area contributed by atoms with Gasteiger partial charge in [0.05, 0.1) is 11.5 Å². The van der Waals surface area contributed by atoms with Gasteiger partial charge in [-0.1, -0.05) is 6.07 Å². The third-order valence-electron chi connectivity index (χ3n) is 4.15. The minimum Gasteiger partial charge on any atom is -0.348 e. The fourth-order valence-corrected chi connectivity index (χ4v) is 4.43. The summed E-state index contributed by atoms with van der Waals surface area (Å²) in [6, 6.07) is 9.28. The van der Waals surface area contributed by atoms with Gasteiger partial charge in [-0.05, 0) is 42.3 Å². The number of anilines is 1. The van der Waals surface area contributed by atoms with Crippen LogP contribution in [-0.4, -0.2) is 42.9 Å². The van der Waals surface area contributed by atoms with E-state index < -0.39 is 15.9 Å². The number of nitrogens with one attached hydrogen (secondary N) is 3. The number of urea groups is 1. The Bertz CT molecular complexity index is 914. The smallest absolute Gasteiger partial charge is 0.319 e. The monoisotopic (exact) mass is 388 g/mol. The summed E-state index contributed by atoms with van der Waals surface area (Å²) in [6.07, 6.45) is 3.77. The highest BCUT2D eigenvalue weighted by atomic mass is 32.2. The zero-order chi connectivity index (χ0) is 19.3. The molecule has 1 atom stereocenters. The van der Waals surface area contributed by atoms with E-state index in [-0.39, 0.29) is 23.5 Å². The van der Waals surface area contributed by atoms with Gasteiger partial charge in [0, 0.05) is 36.2 Å². The number of carbonyl (C=O) groups excluding carboxylic acids is 2. The Morgan fingerprint density at radius 3 is 2.56 bits per heavy atom. The van der Waals surface area contributed by atoms with Gasteiger partial charge in [-0.25, -0.2) is 13.2 Å². The molecular weight excluding hydrogens is 368 g/mol. The molecule has 1 fully saturated rings. The maximum absolute atomic E-state index is 12.2. The fraction of sp³-hybridized carbons (Fsp3) is 0.278. The molecule has 1 aliphatic heterocycles. The van der Waals surface area contributed by atoms with Crippen molar-refractivity contribution in [3.05, 3.63) is 59.9 Å². The molecule has 0 radical (unpaired) electrons. The van der Waals surface area contributed by atoms with Crippen molar-refractivity contribution in [2.45, 2.75) is 19.0 Å². The Kier molecular flexibility index (Phi) is 5.70. The van der Waals surface area contributed by atoms with Crippen LogP contribution in [-0.2, 0) is 16.4 Å². The van der Waals surface area contributed by atoms with Gasteiger partial charge in [-0.15, -0.1) is 0 Å². The number of benzene rings is 1. The van der Waals surface area contributed by atoms with Crippen molar-refractivity contribution in [3.63, 3.8) is 0 Å². The van der Waals surface area contributed by atoms with Crippen LogP contribution in [0.15, 0.2) is 48.8 Å². The molecule has 142 valence electrons. The van der Waals surface area contributed by atoms with Gasteiger partial charge in [-0.2, -0.15) is 0 Å². The van der Waals surface area contributed by atoms with Gasteiger partial charge in [0.2, 0.25) is 0 Å². The number of aromatic nitrogens is 1. The number of hydrogen-bond donors (Lipinski definition) is 3. The van der Waals surface area contributed by atoms with Gasteiger partial charge < -0.3 is 16.0 Å². The summed E-state index contributed by atoms with van der Waals surface area (Å²) in [7, 11) is -3.05. The molecule has 8 nitrogen and oxygen atoms in total. The second-order valence-corrected chi connectivity index (χ2v) is 8.55. The van der Waals surface area contributed by atoms with E-state index in [0.29, 0.717) is 24.2 Å². The van der Waals surface area contributed by atoms with Gasteiger partial charge in [0.15, 0.2) is 9.84 Å². The maximum atomic E-state index is 12.2. The van der Waals surface area contributed by atoms with E-state index in [0.717, 1.165) is 5.56 Å². The summed E-state index contributed by atoms with van der Waals surface area (Å²) >= 11 is 0. The number of amides is 3. The molecule has 1 aromatic heterocycles. The lowest BCUT2D eigenvalue weighted by Crippen LogP contribution is -2.38. The predicted molar refractivity (Wildman–Crippen MR) is 101 cm³/mol. The van der Waals surface area contributed by atoms with Crippen molar-refractivity contribution in [1.82, 2.24) is 15.6 Å². The Hall–Kier alpha value is -2.94. The highest BCUT2D eigenvalue weighted by Crippen LogP contribution is 2.13. The summed E-state index contributed by atoms with van der Waals surface area (Å²) in [6.45, 7) is 0.374. The van der Waals surface area contributed by atoms with Crippen molar-refractivity contribution < 1.29 is 18.0 Å². The fourth-order valence-electron chi connectivity index (χ4n) is 2.75. The van der Waals surface area contributed by atoms with Crippen molar-refractivity contribution in [1.29, 1.82) is 0 Å². The lowest BCUT2D eigenvalue weighted by atomic mass is 10.2. The summed E-state index contributed by atoms with van der Waals surface area (Å²) < 4.78 is 22.8. The highest BCUT2D eigenvalue weighted by molar-refractivity contribution is 7.91. The number of nitrogens with zero attached hydrogens (tertiary/aromatic N) is 1. The first-order valence-corrected chi connectivity index (χ1v) is 10.3. The minimum atomic E-state index is -3.05. The number of sulfone groups is 1. The van der Waals surface area contributed by atoms with Crippen LogP contribution in [0.3, 0.4) is 0 Å². The Balaban J connectivity index is 1.49. The predicted octanol–water partition coefficient (Wildman–Crippen LogP) is 1.32. The van der Waals surface area contributed by atoms with E-state index in [9.17, 15) is 18.0 Å². The lowest BCUT2D eigenvalue weighted by Gasteiger charge is -2.12. The van der Waals surface area contributed by atoms with Gasteiger partial charge >= 0.3 is 6.03 Å². The van der Waals surface area contributed by atoms with Gasteiger partial charge in [-0.3, -0.25) is 9.78 Å². The highest BCUT2D eigenvalue weighted by Gasteiger charge is 2.28. The lowest BCUT2D eigenvalue weighted by molar-refractivity contribution is 0.0951.